The van der Waals surface area contributed by atoms with E-state index in [1.54, 1.807) is 32.9 Å². The number of carbonyl (C=O) groups excluding carboxylic acids is 4. The summed E-state index contributed by atoms with van der Waals surface area (Å²) in [5.74, 6) is -1.55. The molecule has 10 nitrogen and oxygen atoms in total. The molecule has 2 atom stereocenters. The van der Waals surface area contributed by atoms with Gasteiger partial charge in [-0.25, -0.2) is 4.79 Å². The summed E-state index contributed by atoms with van der Waals surface area (Å²) in [5, 5.41) is 15.2. The van der Waals surface area contributed by atoms with Crippen molar-refractivity contribution >= 4 is 23.9 Å². The van der Waals surface area contributed by atoms with E-state index >= 15 is 0 Å². The van der Waals surface area contributed by atoms with Gasteiger partial charge in [-0.1, -0.05) is 74.9 Å². The number of nitrogens with zero attached hydrogens (tertiary/aromatic N) is 1. The molecule has 0 spiro atoms. The summed E-state index contributed by atoms with van der Waals surface area (Å²) in [6.07, 6.45) is 5.12. The Morgan fingerprint density at radius 1 is 0.933 bits per heavy atom. The van der Waals surface area contributed by atoms with Crippen molar-refractivity contribution in [2.75, 3.05) is 20.2 Å². The lowest BCUT2D eigenvalue weighted by atomic mass is 9.95. The van der Waals surface area contributed by atoms with Gasteiger partial charge in [-0.3, -0.25) is 14.4 Å². The first-order valence-corrected chi connectivity index (χ1v) is 15.7. The molecule has 45 heavy (non-hydrogen) atoms. The number of aromatic hydroxyl groups is 1. The van der Waals surface area contributed by atoms with Gasteiger partial charge < -0.3 is 30.1 Å². The zero-order valence-corrected chi connectivity index (χ0v) is 27.9. The number of benzene rings is 2. The number of carbonyl (C=O) groups is 4. The number of rotatable bonds is 16. The fourth-order valence-corrected chi connectivity index (χ4v) is 5.06. The van der Waals surface area contributed by atoms with Crippen LogP contribution in [0.3, 0.4) is 0 Å². The van der Waals surface area contributed by atoms with Gasteiger partial charge >= 0.3 is 12.1 Å². The molecule has 0 heterocycles. The second-order valence-corrected chi connectivity index (χ2v) is 12.4. The fourth-order valence-electron chi connectivity index (χ4n) is 5.06. The van der Waals surface area contributed by atoms with Crippen LogP contribution in [0.15, 0.2) is 42.5 Å². The Bertz CT molecular complexity index is 1270. The lowest BCUT2D eigenvalue weighted by Crippen LogP contribution is -2.54. The first-order chi connectivity index (χ1) is 21.2. The van der Waals surface area contributed by atoms with E-state index in [0.717, 1.165) is 43.2 Å². The fraction of sp³-hybridized carbons (Fsp3) is 0.543. The van der Waals surface area contributed by atoms with Crippen LogP contribution >= 0.6 is 0 Å². The normalized spacial score (nSPS) is 12.5. The van der Waals surface area contributed by atoms with E-state index in [1.807, 2.05) is 32.0 Å². The quantitative estimate of drug-likeness (QED) is 0.162. The zero-order valence-electron chi connectivity index (χ0n) is 27.9. The van der Waals surface area contributed by atoms with E-state index in [4.69, 9.17) is 9.47 Å². The van der Waals surface area contributed by atoms with Crippen LogP contribution in [0.2, 0.25) is 0 Å². The molecule has 0 aliphatic carbocycles. The smallest absolute Gasteiger partial charge is 0.408 e. The van der Waals surface area contributed by atoms with Crippen molar-refractivity contribution in [2.45, 2.75) is 104 Å². The van der Waals surface area contributed by atoms with Crippen LogP contribution < -0.4 is 10.6 Å². The molecule has 0 saturated heterocycles. The van der Waals surface area contributed by atoms with Crippen LogP contribution in [-0.2, 0) is 30.3 Å². The summed E-state index contributed by atoms with van der Waals surface area (Å²) in [6, 6.07) is 9.84. The number of esters is 1. The summed E-state index contributed by atoms with van der Waals surface area (Å²) >= 11 is 0. The van der Waals surface area contributed by atoms with Crippen molar-refractivity contribution in [2.24, 2.45) is 0 Å². The Balaban J connectivity index is 2.59. The van der Waals surface area contributed by atoms with E-state index in [9.17, 15) is 24.3 Å². The lowest BCUT2D eigenvalue weighted by molar-refractivity contribution is -0.144. The van der Waals surface area contributed by atoms with Crippen LogP contribution in [0, 0.1) is 13.8 Å². The number of nitrogens with one attached hydrogen (secondary N) is 2. The summed E-state index contributed by atoms with van der Waals surface area (Å²) in [5.41, 5.74) is 2.31. The van der Waals surface area contributed by atoms with E-state index in [-0.39, 0.29) is 25.3 Å². The van der Waals surface area contributed by atoms with Crippen LogP contribution in [-0.4, -0.2) is 65.7 Å². The van der Waals surface area contributed by atoms with Crippen LogP contribution in [0.5, 0.6) is 5.75 Å². The van der Waals surface area contributed by atoms with Gasteiger partial charge in [0.1, 0.15) is 30.0 Å². The van der Waals surface area contributed by atoms with Crippen LogP contribution in [0.1, 0.15) is 94.5 Å². The summed E-state index contributed by atoms with van der Waals surface area (Å²) in [7, 11) is 1.24. The first kappa shape index (κ1) is 37.1. The average molecular weight is 626 g/mol. The maximum atomic E-state index is 14.6. The van der Waals surface area contributed by atoms with E-state index < -0.39 is 41.6 Å². The van der Waals surface area contributed by atoms with Crippen molar-refractivity contribution < 1.29 is 33.8 Å². The SMILES string of the molecule is CCCCCCCCN(C(=O)C(Cc1ccc(O)cc1)NC(=O)OC(C)(C)C)C(C(=O)NCC(=O)OC)c1ccc(C)cc1C. The third-order valence-electron chi connectivity index (χ3n) is 7.32. The lowest BCUT2D eigenvalue weighted by Gasteiger charge is -2.35. The largest absolute Gasteiger partial charge is 0.508 e. The number of alkyl carbamates (subject to hydrolysis) is 1. The number of aryl methyl sites for hydroxylation is 2. The third kappa shape index (κ3) is 12.8. The Kier molecular flexibility index (Phi) is 14.9. The number of ether oxygens (including phenoxy) is 2. The van der Waals surface area contributed by atoms with Gasteiger partial charge in [0, 0.05) is 13.0 Å². The van der Waals surface area contributed by atoms with E-state index in [1.165, 1.54) is 24.1 Å². The summed E-state index contributed by atoms with van der Waals surface area (Å²) in [4.78, 5) is 55.0. The van der Waals surface area contributed by atoms with Gasteiger partial charge in [-0.15, -0.1) is 0 Å². The van der Waals surface area contributed by atoms with Crippen molar-refractivity contribution in [3.63, 3.8) is 0 Å². The monoisotopic (exact) mass is 625 g/mol. The zero-order chi connectivity index (χ0) is 33.6. The molecule has 0 radical (unpaired) electrons. The highest BCUT2D eigenvalue weighted by Gasteiger charge is 2.37. The molecule has 248 valence electrons. The third-order valence-corrected chi connectivity index (χ3v) is 7.32. The number of hydrogen-bond acceptors (Lipinski definition) is 7. The number of phenolic OH excluding ortho intramolecular Hbond substituents is 1. The van der Waals surface area contributed by atoms with Crippen molar-refractivity contribution in [3.05, 3.63) is 64.7 Å². The van der Waals surface area contributed by atoms with E-state index in [0.29, 0.717) is 17.5 Å². The molecule has 0 bridgehead atoms. The van der Waals surface area contributed by atoms with Crippen molar-refractivity contribution in [1.82, 2.24) is 15.5 Å². The Hall–Kier alpha value is -4.08. The second kappa shape index (κ2) is 18.0. The van der Waals surface area contributed by atoms with Gasteiger partial charge in [0.05, 0.1) is 7.11 Å². The maximum absolute atomic E-state index is 14.6. The van der Waals surface area contributed by atoms with Crippen molar-refractivity contribution in [3.8, 4) is 5.75 Å². The average Bonchev–Trinajstić information content (AvgIpc) is 2.97. The number of phenols is 1. The molecule has 10 heteroatoms. The summed E-state index contributed by atoms with van der Waals surface area (Å²) < 4.78 is 10.2. The molecule has 3 N–H and O–H groups in total. The number of hydrogen-bond donors (Lipinski definition) is 3. The molecule has 2 unspecified atom stereocenters. The molecule has 3 amide bonds. The minimum Gasteiger partial charge on any atom is -0.508 e. The number of amides is 3. The molecule has 0 aromatic heterocycles. The highest BCUT2D eigenvalue weighted by molar-refractivity contribution is 5.93. The number of unbranched alkanes of at least 4 members (excludes halogenated alkanes) is 5. The Morgan fingerprint density at radius 3 is 2.18 bits per heavy atom. The predicted molar refractivity (Wildman–Crippen MR) is 174 cm³/mol. The van der Waals surface area contributed by atoms with Crippen LogP contribution in [0.25, 0.3) is 0 Å². The highest BCUT2D eigenvalue weighted by Crippen LogP contribution is 2.28. The number of methoxy groups -OCH3 is 1. The molecular weight excluding hydrogens is 574 g/mol. The van der Waals surface area contributed by atoms with Gasteiger partial charge in [0.2, 0.25) is 11.8 Å². The molecule has 0 aliphatic rings. The maximum Gasteiger partial charge on any atom is 0.408 e. The molecule has 0 fully saturated rings. The molecule has 2 rings (SSSR count). The van der Waals surface area contributed by atoms with Crippen LogP contribution in [0.4, 0.5) is 4.79 Å². The Morgan fingerprint density at radius 2 is 1.58 bits per heavy atom. The van der Waals surface area contributed by atoms with Gasteiger partial charge in [-0.05, 0) is 69.9 Å². The minimum atomic E-state index is -1.09. The molecular formula is C35H51N3O7. The van der Waals surface area contributed by atoms with Gasteiger partial charge in [0.15, 0.2) is 0 Å². The highest BCUT2D eigenvalue weighted by atomic mass is 16.6. The first-order valence-electron chi connectivity index (χ1n) is 15.7. The van der Waals surface area contributed by atoms with E-state index in [2.05, 4.69) is 17.6 Å². The molecule has 0 saturated carbocycles. The standard InChI is InChI=1S/C35H51N3O7/c1-8-9-10-11-12-13-20-38(31(32(41)36-23-30(40)44-7)28-19-14-24(2)21-25(28)3)33(42)29(37-34(43)45-35(4,5)6)22-26-15-17-27(39)18-16-26/h14-19,21,29,31,39H,8-13,20,22-23H2,1-7H3,(H,36,41)(H,37,43). The molecule has 0 aliphatic heterocycles. The van der Waals surface area contributed by atoms with Gasteiger partial charge in [0.25, 0.3) is 0 Å². The Labute approximate surface area is 267 Å². The topological polar surface area (TPSA) is 134 Å². The molecule has 2 aromatic rings. The molecule has 2 aromatic carbocycles. The minimum absolute atomic E-state index is 0.0728. The van der Waals surface area contributed by atoms with Gasteiger partial charge in [-0.2, -0.15) is 0 Å². The van der Waals surface area contributed by atoms with Crippen molar-refractivity contribution in [1.29, 1.82) is 0 Å². The predicted octanol–water partition coefficient (Wildman–Crippen LogP) is 5.66. The second-order valence-electron chi connectivity index (χ2n) is 12.4. The summed E-state index contributed by atoms with van der Waals surface area (Å²) in [6.45, 7) is 11.1.